The van der Waals surface area contributed by atoms with Gasteiger partial charge in [-0.1, -0.05) is 0 Å². The number of carbonyl (C=O) groups is 2. The van der Waals surface area contributed by atoms with Crippen LogP contribution in [-0.2, 0) is 4.79 Å². The highest BCUT2D eigenvalue weighted by atomic mass is 16.4. The summed E-state index contributed by atoms with van der Waals surface area (Å²) in [5.41, 5.74) is 0. The maximum absolute atomic E-state index is 12.2. The second-order valence-electron chi connectivity index (χ2n) is 4.37. The van der Waals surface area contributed by atoms with E-state index in [-0.39, 0.29) is 25.1 Å². The first-order chi connectivity index (χ1) is 8.43. The minimum Gasteiger partial charge on any atom is -0.481 e. The molecule has 18 heavy (non-hydrogen) atoms. The number of hydrogen-bond acceptors (Lipinski definition) is 3. The molecule has 0 spiro atoms. The van der Waals surface area contributed by atoms with Crippen molar-refractivity contribution >= 4 is 12.0 Å². The van der Waals surface area contributed by atoms with Gasteiger partial charge in [0.1, 0.15) is 0 Å². The van der Waals surface area contributed by atoms with Crippen molar-refractivity contribution in [2.45, 2.75) is 39.7 Å². The van der Waals surface area contributed by atoms with Crippen LogP contribution in [0.1, 0.15) is 33.6 Å². The molecule has 0 aromatic rings. The van der Waals surface area contributed by atoms with Crippen LogP contribution in [0, 0.1) is 0 Å². The summed E-state index contributed by atoms with van der Waals surface area (Å²) in [6, 6.07) is -0.133. The molecule has 0 rings (SSSR count). The van der Waals surface area contributed by atoms with Gasteiger partial charge >= 0.3 is 12.0 Å². The van der Waals surface area contributed by atoms with Gasteiger partial charge in [0.25, 0.3) is 0 Å². The Hall–Kier alpha value is -1.30. The minimum absolute atomic E-state index is 0.0130. The normalized spacial score (nSPS) is 10.5. The molecule has 0 fully saturated rings. The lowest BCUT2D eigenvalue weighted by atomic mass is 10.2. The zero-order valence-electron chi connectivity index (χ0n) is 11.4. The number of carbonyl (C=O) groups excluding carboxylic acids is 1. The molecule has 6 nitrogen and oxygen atoms in total. The van der Waals surface area contributed by atoms with Crippen molar-refractivity contribution < 1.29 is 19.8 Å². The number of rotatable bonds is 8. The highest BCUT2D eigenvalue weighted by Gasteiger charge is 2.21. The van der Waals surface area contributed by atoms with Crippen molar-refractivity contribution in [3.8, 4) is 0 Å². The first kappa shape index (κ1) is 16.7. The fourth-order valence-electron chi connectivity index (χ4n) is 1.67. The predicted molar refractivity (Wildman–Crippen MR) is 68.4 cm³/mol. The fraction of sp³-hybridized carbons (Fsp3) is 0.833. The zero-order valence-corrected chi connectivity index (χ0v) is 11.4. The molecule has 0 aromatic heterocycles. The van der Waals surface area contributed by atoms with E-state index in [2.05, 4.69) is 0 Å². The second-order valence-corrected chi connectivity index (χ2v) is 4.37. The third kappa shape index (κ3) is 5.86. The van der Waals surface area contributed by atoms with Gasteiger partial charge in [0.15, 0.2) is 0 Å². The molecule has 0 unspecified atom stereocenters. The first-order valence-electron chi connectivity index (χ1n) is 6.32. The Balaban J connectivity index is 4.47. The molecule has 2 amide bonds. The molecule has 0 heterocycles. The molecule has 0 atom stereocenters. The summed E-state index contributed by atoms with van der Waals surface area (Å²) in [7, 11) is 0. The maximum atomic E-state index is 12.2. The second kappa shape index (κ2) is 8.74. The molecule has 0 saturated heterocycles. The first-order valence-corrected chi connectivity index (χ1v) is 6.32. The number of amides is 2. The number of urea groups is 1. The standard InChI is InChI=1S/C12H24N2O4/c1-4-13(8-9-15)12(18)14(10(2)3)7-5-6-11(16)17/h10,15H,4-9H2,1-3H3,(H,16,17). The highest BCUT2D eigenvalue weighted by Crippen LogP contribution is 2.07. The van der Waals surface area contributed by atoms with E-state index in [1.807, 2.05) is 20.8 Å². The van der Waals surface area contributed by atoms with E-state index >= 15 is 0 Å². The van der Waals surface area contributed by atoms with Gasteiger partial charge in [0, 0.05) is 32.1 Å². The van der Waals surface area contributed by atoms with Gasteiger partial charge in [-0.05, 0) is 27.2 Å². The van der Waals surface area contributed by atoms with E-state index in [9.17, 15) is 9.59 Å². The number of carboxylic acids is 1. The molecule has 0 aliphatic heterocycles. The van der Waals surface area contributed by atoms with E-state index in [0.717, 1.165) is 0 Å². The summed E-state index contributed by atoms with van der Waals surface area (Å²) >= 11 is 0. The molecule has 0 aliphatic rings. The van der Waals surface area contributed by atoms with E-state index in [1.54, 1.807) is 9.80 Å². The van der Waals surface area contributed by atoms with Crippen molar-refractivity contribution in [1.29, 1.82) is 0 Å². The third-order valence-electron chi connectivity index (χ3n) is 2.68. The summed E-state index contributed by atoms with van der Waals surface area (Å²) in [5, 5.41) is 17.5. The number of likely N-dealkylation sites (N-methyl/N-ethyl adjacent to an activating group) is 1. The van der Waals surface area contributed by atoms with Crippen LogP contribution in [-0.4, -0.2) is 64.3 Å². The van der Waals surface area contributed by atoms with Crippen LogP contribution in [0.2, 0.25) is 0 Å². The Kier molecular flexibility index (Phi) is 8.11. The Morgan fingerprint density at radius 1 is 1.22 bits per heavy atom. The van der Waals surface area contributed by atoms with Gasteiger partial charge in [0.05, 0.1) is 6.61 Å². The van der Waals surface area contributed by atoms with E-state index in [4.69, 9.17) is 10.2 Å². The smallest absolute Gasteiger partial charge is 0.320 e. The molecule has 0 radical (unpaired) electrons. The number of nitrogens with zero attached hydrogens (tertiary/aromatic N) is 2. The summed E-state index contributed by atoms with van der Waals surface area (Å²) in [6.45, 7) is 6.82. The minimum atomic E-state index is -0.853. The van der Waals surface area contributed by atoms with Crippen molar-refractivity contribution in [2.75, 3.05) is 26.2 Å². The number of carboxylic acid groups (broad SMARTS) is 1. The fourth-order valence-corrected chi connectivity index (χ4v) is 1.67. The predicted octanol–water partition coefficient (Wildman–Crippen LogP) is 0.996. The van der Waals surface area contributed by atoms with Crippen LogP contribution in [0.15, 0.2) is 0 Å². The van der Waals surface area contributed by atoms with Gasteiger partial charge in [0.2, 0.25) is 0 Å². The van der Waals surface area contributed by atoms with Crippen LogP contribution in [0.4, 0.5) is 4.79 Å². The molecular formula is C12H24N2O4. The van der Waals surface area contributed by atoms with E-state index < -0.39 is 5.97 Å². The van der Waals surface area contributed by atoms with Gasteiger partial charge in [-0.15, -0.1) is 0 Å². The monoisotopic (exact) mass is 260 g/mol. The summed E-state index contributed by atoms with van der Waals surface area (Å²) in [5.74, 6) is -0.853. The molecule has 0 aromatic carbocycles. The van der Waals surface area contributed by atoms with Crippen molar-refractivity contribution in [3.05, 3.63) is 0 Å². The molecule has 2 N–H and O–H groups in total. The third-order valence-corrected chi connectivity index (χ3v) is 2.68. The van der Waals surface area contributed by atoms with Gasteiger partial charge in [-0.3, -0.25) is 4.79 Å². The molecule has 0 bridgehead atoms. The van der Waals surface area contributed by atoms with Gasteiger partial charge in [-0.2, -0.15) is 0 Å². The van der Waals surface area contributed by atoms with Gasteiger partial charge in [-0.25, -0.2) is 4.79 Å². The Bertz CT molecular complexity index is 269. The lowest BCUT2D eigenvalue weighted by Gasteiger charge is -2.32. The maximum Gasteiger partial charge on any atom is 0.320 e. The van der Waals surface area contributed by atoms with E-state index in [0.29, 0.717) is 26.1 Å². The van der Waals surface area contributed by atoms with Crippen molar-refractivity contribution in [1.82, 2.24) is 9.80 Å². The lowest BCUT2D eigenvalue weighted by molar-refractivity contribution is -0.137. The number of aliphatic hydroxyl groups is 1. The van der Waals surface area contributed by atoms with Gasteiger partial charge < -0.3 is 20.0 Å². The largest absolute Gasteiger partial charge is 0.481 e. The zero-order chi connectivity index (χ0) is 14.1. The highest BCUT2D eigenvalue weighted by molar-refractivity contribution is 5.74. The van der Waals surface area contributed by atoms with E-state index in [1.165, 1.54) is 0 Å². The number of hydrogen-bond donors (Lipinski definition) is 2. The summed E-state index contributed by atoms with van der Waals surface area (Å²) < 4.78 is 0. The van der Waals surface area contributed by atoms with Crippen LogP contribution in [0.5, 0.6) is 0 Å². The molecular weight excluding hydrogens is 236 g/mol. The van der Waals surface area contributed by atoms with Crippen LogP contribution >= 0.6 is 0 Å². The van der Waals surface area contributed by atoms with Crippen LogP contribution in [0.25, 0.3) is 0 Å². The molecule has 6 heteroatoms. The van der Waals surface area contributed by atoms with Crippen molar-refractivity contribution in [2.24, 2.45) is 0 Å². The van der Waals surface area contributed by atoms with Crippen LogP contribution < -0.4 is 0 Å². The topological polar surface area (TPSA) is 81.1 Å². The summed E-state index contributed by atoms with van der Waals surface area (Å²) in [4.78, 5) is 25.8. The average molecular weight is 260 g/mol. The van der Waals surface area contributed by atoms with Crippen molar-refractivity contribution in [3.63, 3.8) is 0 Å². The lowest BCUT2D eigenvalue weighted by Crippen LogP contribution is -2.47. The Morgan fingerprint density at radius 3 is 2.22 bits per heavy atom. The Labute approximate surface area is 108 Å². The number of aliphatic hydroxyl groups excluding tert-OH is 1. The Morgan fingerprint density at radius 2 is 1.83 bits per heavy atom. The van der Waals surface area contributed by atoms with Crippen LogP contribution in [0.3, 0.4) is 0 Å². The quantitative estimate of drug-likeness (QED) is 0.682. The summed E-state index contributed by atoms with van der Waals surface area (Å²) in [6.07, 6.45) is 0.499. The SMILES string of the molecule is CCN(CCO)C(=O)N(CCCC(=O)O)C(C)C. The average Bonchev–Trinajstić information content (AvgIpc) is 2.30. The molecule has 0 aliphatic carbocycles. The number of aliphatic carboxylic acids is 1. The molecule has 0 saturated carbocycles. The molecule has 106 valence electrons.